The zero-order valence-electron chi connectivity index (χ0n) is 12.0. The van der Waals surface area contributed by atoms with Crippen molar-refractivity contribution in [3.05, 3.63) is 53.8 Å². The van der Waals surface area contributed by atoms with Gasteiger partial charge in [-0.05, 0) is 36.8 Å². The molecule has 0 aliphatic rings. The summed E-state index contributed by atoms with van der Waals surface area (Å²) in [5.74, 6) is 1.36. The number of aromatic nitrogens is 3. The van der Waals surface area contributed by atoms with Crippen molar-refractivity contribution in [2.45, 2.75) is 13.3 Å². The molecule has 0 amide bonds. The van der Waals surface area contributed by atoms with Gasteiger partial charge in [0.15, 0.2) is 0 Å². The third kappa shape index (κ3) is 2.29. The van der Waals surface area contributed by atoms with E-state index >= 15 is 0 Å². The summed E-state index contributed by atoms with van der Waals surface area (Å²) in [6.07, 6.45) is 4.33. The predicted molar refractivity (Wildman–Crippen MR) is 88.6 cm³/mol. The van der Waals surface area contributed by atoms with Gasteiger partial charge in [-0.25, -0.2) is 9.97 Å². The van der Waals surface area contributed by atoms with E-state index in [0.29, 0.717) is 5.88 Å². The Morgan fingerprint density at radius 3 is 2.95 bits per heavy atom. The fourth-order valence-corrected chi connectivity index (χ4v) is 3.29. The lowest BCUT2D eigenvalue weighted by Crippen LogP contribution is -1.89. The van der Waals surface area contributed by atoms with Crippen LogP contribution in [0.15, 0.2) is 48.9 Å². The summed E-state index contributed by atoms with van der Waals surface area (Å²) in [4.78, 5) is 15.2. The van der Waals surface area contributed by atoms with Crippen LogP contribution in [-0.4, -0.2) is 15.0 Å². The molecule has 0 N–H and O–H groups in total. The van der Waals surface area contributed by atoms with Crippen LogP contribution in [0.3, 0.4) is 0 Å². The van der Waals surface area contributed by atoms with E-state index in [4.69, 9.17) is 4.74 Å². The molecular weight excluding hydrogens is 294 g/mol. The van der Waals surface area contributed by atoms with E-state index in [1.807, 2.05) is 30.3 Å². The molecule has 0 fully saturated rings. The number of hydrogen-bond acceptors (Lipinski definition) is 5. The molecule has 22 heavy (non-hydrogen) atoms. The molecule has 0 saturated carbocycles. The largest absolute Gasteiger partial charge is 0.438 e. The first kappa shape index (κ1) is 13.2. The van der Waals surface area contributed by atoms with Gasteiger partial charge in [0.1, 0.15) is 16.9 Å². The first-order valence-corrected chi connectivity index (χ1v) is 7.91. The van der Waals surface area contributed by atoms with Gasteiger partial charge in [0, 0.05) is 16.5 Å². The van der Waals surface area contributed by atoms with Gasteiger partial charge in [-0.15, -0.1) is 11.3 Å². The molecule has 4 aromatic rings. The van der Waals surface area contributed by atoms with Crippen molar-refractivity contribution in [1.82, 2.24) is 15.0 Å². The Morgan fingerprint density at radius 1 is 1.09 bits per heavy atom. The van der Waals surface area contributed by atoms with Gasteiger partial charge < -0.3 is 4.74 Å². The van der Waals surface area contributed by atoms with Crippen molar-refractivity contribution >= 4 is 32.5 Å². The number of benzene rings is 1. The summed E-state index contributed by atoms with van der Waals surface area (Å²) < 4.78 is 5.99. The maximum Gasteiger partial charge on any atom is 0.231 e. The van der Waals surface area contributed by atoms with Gasteiger partial charge in [-0.1, -0.05) is 13.0 Å². The average Bonchev–Trinajstić information content (AvgIpc) is 2.99. The number of fused-ring (bicyclic) bond motifs is 2. The number of thiophene rings is 1. The first-order valence-electron chi connectivity index (χ1n) is 7.09. The molecule has 3 heterocycles. The minimum atomic E-state index is 0.601. The third-order valence-corrected chi connectivity index (χ3v) is 4.67. The molecule has 4 nitrogen and oxygen atoms in total. The van der Waals surface area contributed by atoms with E-state index in [1.54, 1.807) is 23.9 Å². The van der Waals surface area contributed by atoms with E-state index in [-0.39, 0.29) is 0 Å². The SMILES string of the molecule is CCc1cc2c(Oc3ccc4ncccc4c3)ncnc2s1. The Hall–Kier alpha value is -2.53. The quantitative estimate of drug-likeness (QED) is 0.555. The normalized spacial score (nSPS) is 11.1. The number of pyridine rings is 1. The van der Waals surface area contributed by atoms with E-state index in [9.17, 15) is 0 Å². The van der Waals surface area contributed by atoms with Crippen molar-refractivity contribution in [1.29, 1.82) is 0 Å². The van der Waals surface area contributed by atoms with Crippen molar-refractivity contribution in [2.24, 2.45) is 0 Å². The lowest BCUT2D eigenvalue weighted by Gasteiger charge is -2.06. The monoisotopic (exact) mass is 307 g/mol. The number of rotatable bonds is 3. The molecule has 108 valence electrons. The van der Waals surface area contributed by atoms with Gasteiger partial charge >= 0.3 is 0 Å². The number of ether oxygens (including phenoxy) is 1. The summed E-state index contributed by atoms with van der Waals surface area (Å²) in [7, 11) is 0. The highest BCUT2D eigenvalue weighted by atomic mass is 32.1. The molecule has 0 unspecified atom stereocenters. The van der Waals surface area contributed by atoms with Crippen molar-refractivity contribution in [3.63, 3.8) is 0 Å². The Labute approximate surface area is 131 Å². The third-order valence-electron chi connectivity index (χ3n) is 3.48. The standard InChI is InChI=1S/C17H13N3OS/c1-2-13-9-14-16(19-10-20-17(14)22-13)21-12-5-6-15-11(8-12)4-3-7-18-15/h3-10H,2H2,1H3. The maximum atomic E-state index is 5.99. The van der Waals surface area contributed by atoms with Gasteiger partial charge in [0.25, 0.3) is 0 Å². The summed E-state index contributed by atoms with van der Waals surface area (Å²) in [5, 5.41) is 2.01. The number of hydrogen-bond donors (Lipinski definition) is 0. The smallest absolute Gasteiger partial charge is 0.231 e. The summed E-state index contributed by atoms with van der Waals surface area (Å²) >= 11 is 1.68. The fourth-order valence-electron chi connectivity index (χ4n) is 2.37. The van der Waals surface area contributed by atoms with Crippen LogP contribution in [0.5, 0.6) is 11.6 Å². The fraction of sp³-hybridized carbons (Fsp3) is 0.118. The minimum absolute atomic E-state index is 0.601. The second-order valence-electron chi connectivity index (χ2n) is 4.92. The Kier molecular flexibility index (Phi) is 3.20. The Bertz CT molecular complexity index is 964. The molecule has 4 rings (SSSR count). The van der Waals surface area contributed by atoms with E-state index < -0.39 is 0 Å². The van der Waals surface area contributed by atoms with Crippen molar-refractivity contribution in [3.8, 4) is 11.6 Å². The minimum Gasteiger partial charge on any atom is -0.438 e. The summed E-state index contributed by atoms with van der Waals surface area (Å²) in [5.41, 5.74) is 0.950. The molecule has 0 aliphatic carbocycles. The predicted octanol–water partition coefficient (Wildman–Crippen LogP) is 4.59. The van der Waals surface area contributed by atoms with Crippen LogP contribution in [0.2, 0.25) is 0 Å². The molecular formula is C17H13N3OS. The number of aryl methyl sites for hydroxylation is 1. The van der Waals surface area contributed by atoms with Crippen LogP contribution in [0.4, 0.5) is 0 Å². The first-order chi connectivity index (χ1) is 10.8. The highest BCUT2D eigenvalue weighted by Gasteiger charge is 2.10. The molecule has 5 heteroatoms. The van der Waals surface area contributed by atoms with E-state index in [2.05, 4.69) is 27.9 Å². The molecule has 0 aliphatic heterocycles. The van der Waals surface area contributed by atoms with Crippen LogP contribution in [0.25, 0.3) is 21.1 Å². The summed E-state index contributed by atoms with van der Waals surface area (Å²) in [6.45, 7) is 2.13. The Morgan fingerprint density at radius 2 is 2.05 bits per heavy atom. The lowest BCUT2D eigenvalue weighted by molar-refractivity contribution is 0.469. The van der Waals surface area contributed by atoms with Gasteiger partial charge in [-0.3, -0.25) is 4.98 Å². The number of nitrogens with zero attached hydrogens (tertiary/aromatic N) is 3. The molecule has 0 radical (unpaired) electrons. The van der Waals surface area contributed by atoms with Gasteiger partial charge in [-0.2, -0.15) is 0 Å². The maximum absolute atomic E-state index is 5.99. The van der Waals surface area contributed by atoms with E-state index in [0.717, 1.165) is 33.3 Å². The molecule has 0 spiro atoms. The van der Waals surface area contributed by atoms with Crippen molar-refractivity contribution < 1.29 is 4.74 Å². The van der Waals surface area contributed by atoms with Crippen LogP contribution in [0, 0.1) is 0 Å². The van der Waals surface area contributed by atoms with Crippen LogP contribution in [0.1, 0.15) is 11.8 Å². The second-order valence-corrected chi connectivity index (χ2v) is 6.04. The van der Waals surface area contributed by atoms with Crippen LogP contribution < -0.4 is 4.74 Å². The van der Waals surface area contributed by atoms with Gasteiger partial charge in [0.05, 0.1) is 10.9 Å². The average molecular weight is 307 g/mol. The molecule has 0 bridgehead atoms. The van der Waals surface area contributed by atoms with Gasteiger partial charge in [0.2, 0.25) is 5.88 Å². The van der Waals surface area contributed by atoms with Crippen LogP contribution in [-0.2, 0) is 6.42 Å². The second kappa shape index (κ2) is 5.35. The highest BCUT2D eigenvalue weighted by Crippen LogP contribution is 2.33. The zero-order chi connectivity index (χ0) is 14.9. The Balaban J connectivity index is 1.76. The zero-order valence-corrected chi connectivity index (χ0v) is 12.8. The van der Waals surface area contributed by atoms with E-state index in [1.165, 1.54) is 4.88 Å². The van der Waals surface area contributed by atoms with Crippen molar-refractivity contribution in [2.75, 3.05) is 0 Å². The molecule has 0 saturated heterocycles. The molecule has 3 aromatic heterocycles. The summed E-state index contributed by atoms with van der Waals surface area (Å²) in [6, 6.07) is 11.9. The molecule has 0 atom stereocenters. The lowest BCUT2D eigenvalue weighted by atomic mass is 10.2. The highest BCUT2D eigenvalue weighted by molar-refractivity contribution is 7.18. The topological polar surface area (TPSA) is 47.9 Å². The molecule has 1 aromatic carbocycles. The van der Waals surface area contributed by atoms with Crippen LogP contribution >= 0.6 is 11.3 Å².